The lowest BCUT2D eigenvalue weighted by Gasteiger charge is -2.57. The molecule has 29 heavy (non-hydrogen) atoms. The molecule has 0 aromatic carbocycles. The molecule has 4 aliphatic rings. The molecule has 0 saturated heterocycles. The van der Waals surface area contributed by atoms with Gasteiger partial charge in [-0.25, -0.2) is 0 Å². The number of fused-ring (bicyclic) bond motifs is 5. The van der Waals surface area contributed by atoms with Gasteiger partial charge in [-0.15, -0.1) is 11.8 Å². The monoisotopic (exact) mass is 438 g/mol. The molecule has 0 bridgehead atoms. The van der Waals surface area contributed by atoms with Crippen molar-refractivity contribution in [3.63, 3.8) is 0 Å². The minimum atomic E-state index is -1.06. The highest BCUT2D eigenvalue weighted by molar-refractivity contribution is 8.12. The Balaban J connectivity index is 1.65. The Kier molecular flexibility index (Phi) is 6.06. The maximum atomic E-state index is 12.2. The van der Waals surface area contributed by atoms with E-state index in [9.17, 15) is 19.6 Å². The van der Waals surface area contributed by atoms with Crippen LogP contribution >= 0.6 is 11.8 Å². The van der Waals surface area contributed by atoms with Gasteiger partial charge in [0.2, 0.25) is 0 Å². The lowest BCUT2D eigenvalue weighted by atomic mass is 9.48. The number of hydrogen-bond acceptors (Lipinski definition) is 5. The van der Waals surface area contributed by atoms with Crippen LogP contribution in [0.15, 0.2) is 23.8 Å². The normalized spacial score (nSPS) is 44.3. The Bertz CT molecular complexity index is 720. The molecular weight excluding hydrogens is 404 g/mol. The average Bonchev–Trinajstić information content (AvgIpc) is 3.05. The quantitative estimate of drug-likeness (QED) is 0.644. The molecule has 6 heteroatoms. The fraction of sp³-hybridized carbons (Fsp3) is 0.783. The molecule has 0 amide bonds. The van der Waals surface area contributed by atoms with Crippen LogP contribution in [0.25, 0.3) is 0 Å². The van der Waals surface area contributed by atoms with Crippen molar-refractivity contribution in [3.05, 3.63) is 23.8 Å². The number of ketones is 1. The van der Waals surface area contributed by atoms with Crippen molar-refractivity contribution in [2.24, 2.45) is 34.5 Å². The minimum absolute atomic E-state index is 0.0284. The molecule has 4 aliphatic carbocycles. The van der Waals surface area contributed by atoms with Crippen LogP contribution in [0.2, 0.25) is 0 Å². The first-order valence-electron chi connectivity index (χ1n) is 10.9. The number of carbonyl (C=O) groups is 1. The highest BCUT2D eigenvalue weighted by atomic mass is 32.3. The Morgan fingerprint density at radius 1 is 1.31 bits per heavy atom. The predicted octanol–water partition coefficient (Wildman–Crippen LogP) is 3.31. The van der Waals surface area contributed by atoms with Crippen molar-refractivity contribution in [3.8, 4) is 0 Å². The van der Waals surface area contributed by atoms with Gasteiger partial charge in [-0.05, 0) is 90.3 Å². The SMILES string of the molecule is CSC(C(O)[C@H]1CC[C@H]2[C@@H]3C=CC4=CC(=O)CC[C@]4(CO)[C@H]3CC[C@]12C)[S+](C)[O-]. The van der Waals surface area contributed by atoms with Crippen LogP contribution in [-0.2, 0) is 16.0 Å². The zero-order chi connectivity index (χ0) is 21.0. The zero-order valence-electron chi connectivity index (χ0n) is 17.7. The fourth-order valence-corrected chi connectivity index (χ4v) is 9.50. The lowest BCUT2D eigenvalue weighted by molar-refractivity contribution is -0.117. The molecule has 0 spiro atoms. The van der Waals surface area contributed by atoms with Crippen molar-refractivity contribution in [1.82, 2.24) is 0 Å². The summed E-state index contributed by atoms with van der Waals surface area (Å²) >= 11 is 0.457. The Labute approximate surface area is 181 Å². The molecule has 0 aliphatic heterocycles. The molecule has 2 saturated carbocycles. The van der Waals surface area contributed by atoms with Gasteiger partial charge in [-0.1, -0.05) is 19.1 Å². The second-order valence-electron chi connectivity index (χ2n) is 9.85. The summed E-state index contributed by atoms with van der Waals surface area (Å²) in [6.07, 6.45) is 14.6. The van der Waals surface area contributed by atoms with E-state index in [-0.39, 0.29) is 33.7 Å². The number of aliphatic hydroxyl groups excluding tert-OH is 2. The van der Waals surface area contributed by atoms with Crippen molar-refractivity contribution in [2.45, 2.75) is 56.1 Å². The summed E-state index contributed by atoms with van der Waals surface area (Å²) in [5.41, 5.74) is 0.776. The zero-order valence-corrected chi connectivity index (χ0v) is 19.3. The summed E-state index contributed by atoms with van der Waals surface area (Å²) in [5, 5.41) is 21.6. The summed E-state index contributed by atoms with van der Waals surface area (Å²) in [6, 6.07) is 0. The predicted molar refractivity (Wildman–Crippen MR) is 119 cm³/mol. The molecule has 2 fully saturated rings. The van der Waals surface area contributed by atoms with Crippen LogP contribution in [0.5, 0.6) is 0 Å². The average molecular weight is 439 g/mol. The van der Waals surface area contributed by atoms with E-state index >= 15 is 0 Å². The molecule has 4 nitrogen and oxygen atoms in total. The first-order valence-corrected chi connectivity index (χ1v) is 13.8. The lowest BCUT2D eigenvalue weighted by Crippen LogP contribution is -2.53. The van der Waals surface area contributed by atoms with E-state index in [1.165, 1.54) is 11.8 Å². The Hall–Kier alpha value is -0.270. The van der Waals surface area contributed by atoms with Crippen molar-refractivity contribution in [2.75, 3.05) is 19.1 Å². The molecule has 162 valence electrons. The molecule has 0 heterocycles. The molecule has 4 rings (SSSR count). The summed E-state index contributed by atoms with van der Waals surface area (Å²) in [7, 11) is 0. The topological polar surface area (TPSA) is 80.6 Å². The van der Waals surface area contributed by atoms with Gasteiger partial charge in [0.05, 0.1) is 12.9 Å². The molecule has 2 N–H and O–H groups in total. The van der Waals surface area contributed by atoms with Gasteiger partial charge >= 0.3 is 0 Å². The van der Waals surface area contributed by atoms with Crippen molar-refractivity contribution >= 4 is 28.7 Å². The number of thioether (sulfide) groups is 1. The summed E-state index contributed by atoms with van der Waals surface area (Å²) in [4.78, 5) is 12.0. The second-order valence-corrected chi connectivity index (χ2v) is 12.6. The van der Waals surface area contributed by atoms with Gasteiger partial charge in [0.25, 0.3) is 0 Å². The molecule has 3 unspecified atom stereocenters. The maximum absolute atomic E-state index is 12.2. The summed E-state index contributed by atoms with van der Waals surface area (Å²) in [5.74, 6) is 1.55. The van der Waals surface area contributed by atoms with Crippen LogP contribution in [0.4, 0.5) is 0 Å². The molecule has 0 aromatic rings. The maximum Gasteiger partial charge on any atom is 0.186 e. The summed E-state index contributed by atoms with van der Waals surface area (Å²) < 4.78 is 12.0. The third kappa shape index (κ3) is 3.29. The second kappa shape index (κ2) is 8.01. The first kappa shape index (κ1) is 21.9. The van der Waals surface area contributed by atoms with Crippen LogP contribution in [0, 0.1) is 34.5 Å². The van der Waals surface area contributed by atoms with E-state index in [0.717, 1.165) is 37.7 Å². The van der Waals surface area contributed by atoms with E-state index in [2.05, 4.69) is 19.1 Å². The molecular formula is C23H34O4S2. The number of hydrogen-bond donors (Lipinski definition) is 2. The van der Waals surface area contributed by atoms with E-state index in [1.807, 2.05) is 6.26 Å². The van der Waals surface area contributed by atoms with E-state index < -0.39 is 17.3 Å². The van der Waals surface area contributed by atoms with Gasteiger partial charge in [0.15, 0.2) is 10.4 Å². The van der Waals surface area contributed by atoms with Crippen molar-refractivity contribution < 1.29 is 19.6 Å². The standard InChI is InChI=1S/C23H34O4S2/c1-22-10-9-18-16(5-4-14-12-15(25)8-11-23(14,18)13-24)17(22)6-7-19(22)20(26)21(28-2)29(3)27/h4-5,12,16-21,24,26H,6-11,13H2,1-3H3/t16-,17-,18-,19+,20?,21?,22-,23+,29?/m0/s1. The van der Waals surface area contributed by atoms with Crippen LogP contribution < -0.4 is 0 Å². The van der Waals surface area contributed by atoms with E-state index in [0.29, 0.717) is 24.2 Å². The third-order valence-corrected chi connectivity index (χ3v) is 11.9. The van der Waals surface area contributed by atoms with Gasteiger partial charge < -0.3 is 14.8 Å². The van der Waals surface area contributed by atoms with Crippen LogP contribution in [-0.4, -0.2) is 50.4 Å². The third-order valence-electron chi connectivity index (χ3n) is 8.86. The summed E-state index contributed by atoms with van der Waals surface area (Å²) in [6.45, 7) is 2.44. The Morgan fingerprint density at radius 2 is 2.07 bits per heavy atom. The van der Waals surface area contributed by atoms with E-state index in [1.54, 1.807) is 12.3 Å². The Morgan fingerprint density at radius 3 is 2.72 bits per heavy atom. The number of aliphatic hydroxyl groups is 2. The first-order chi connectivity index (χ1) is 13.8. The number of allylic oxidation sites excluding steroid dienone is 3. The van der Waals surface area contributed by atoms with Gasteiger partial charge in [0.1, 0.15) is 6.10 Å². The number of rotatable bonds is 5. The van der Waals surface area contributed by atoms with Gasteiger partial charge in [-0.3, -0.25) is 4.79 Å². The molecule has 0 radical (unpaired) electrons. The molecule has 0 aromatic heterocycles. The minimum Gasteiger partial charge on any atom is -0.616 e. The molecule has 9 atom stereocenters. The number of carbonyl (C=O) groups excluding carboxylic acids is 1. The van der Waals surface area contributed by atoms with Crippen molar-refractivity contribution in [1.29, 1.82) is 0 Å². The largest absolute Gasteiger partial charge is 0.616 e. The van der Waals surface area contributed by atoms with E-state index in [4.69, 9.17) is 0 Å². The smallest absolute Gasteiger partial charge is 0.186 e. The fourth-order valence-electron chi connectivity index (χ4n) is 7.37. The van der Waals surface area contributed by atoms with Crippen LogP contribution in [0.1, 0.15) is 45.4 Å². The van der Waals surface area contributed by atoms with Crippen LogP contribution in [0.3, 0.4) is 0 Å². The van der Waals surface area contributed by atoms with Gasteiger partial charge in [-0.2, -0.15) is 0 Å². The van der Waals surface area contributed by atoms with Gasteiger partial charge in [0, 0.05) is 11.8 Å². The highest BCUT2D eigenvalue weighted by Gasteiger charge is 2.61. The highest BCUT2D eigenvalue weighted by Crippen LogP contribution is 2.66.